The third-order valence-electron chi connectivity index (χ3n) is 1.50. The summed E-state index contributed by atoms with van der Waals surface area (Å²) in [5.74, 6) is 0.0599. The number of nitrogens with two attached hydrogens (primary N) is 1. The highest BCUT2D eigenvalue weighted by molar-refractivity contribution is 7.86. The molecule has 0 amide bonds. The Morgan fingerprint density at radius 2 is 1.83 bits per heavy atom. The number of hydrogen-bond acceptors (Lipinski definition) is 4. The van der Waals surface area contributed by atoms with Crippen LogP contribution in [0.1, 0.15) is 13.8 Å². The van der Waals surface area contributed by atoms with E-state index in [1.54, 1.807) is 6.92 Å². The van der Waals surface area contributed by atoms with Crippen LogP contribution in [0.5, 0.6) is 0 Å². The van der Waals surface area contributed by atoms with Crippen LogP contribution in [0.3, 0.4) is 0 Å². The smallest absolute Gasteiger partial charge is 0.264 e. The van der Waals surface area contributed by atoms with Gasteiger partial charge in [-0.1, -0.05) is 6.92 Å². The molecule has 76 valence electrons. The van der Waals surface area contributed by atoms with Gasteiger partial charge in [0.05, 0.1) is 12.4 Å². The zero-order valence-corrected chi connectivity index (χ0v) is 9.11. The molecule has 0 spiro atoms. The van der Waals surface area contributed by atoms with Crippen LogP contribution in [0, 0.1) is 5.92 Å². The molecule has 0 saturated heterocycles. The summed E-state index contributed by atoms with van der Waals surface area (Å²) in [6.07, 6.45) is 0.696. The molecule has 0 fully saturated rings. The Morgan fingerprint density at radius 1 is 1.42 bits per heavy atom. The number of hydrogen-bond donors (Lipinski definition) is 1. The minimum Gasteiger partial charge on any atom is -0.330 e. The van der Waals surface area contributed by atoms with E-state index in [4.69, 9.17) is 5.73 Å². The van der Waals surface area contributed by atoms with Crippen molar-refractivity contribution in [2.24, 2.45) is 11.7 Å². The number of halogens is 1. The summed E-state index contributed by atoms with van der Waals surface area (Å²) in [7, 11) is -3.33. The lowest BCUT2D eigenvalue weighted by atomic mass is 10.1. The van der Waals surface area contributed by atoms with Crippen LogP contribution in [0.2, 0.25) is 0 Å². The largest absolute Gasteiger partial charge is 0.330 e. The van der Waals surface area contributed by atoms with Gasteiger partial charge in [0.15, 0.2) is 0 Å². The van der Waals surface area contributed by atoms with Gasteiger partial charge < -0.3 is 5.73 Å². The monoisotopic (exact) mass is 217 g/mol. The number of rotatable bonds is 4. The minimum atomic E-state index is -3.33. The first-order valence-electron chi connectivity index (χ1n) is 3.45. The summed E-state index contributed by atoms with van der Waals surface area (Å²) in [6.45, 7) is 3.96. The van der Waals surface area contributed by atoms with E-state index in [-0.39, 0.29) is 24.4 Å². The third-order valence-corrected chi connectivity index (χ3v) is 2.15. The summed E-state index contributed by atoms with van der Waals surface area (Å²) in [6, 6.07) is 0. The van der Waals surface area contributed by atoms with E-state index in [0.717, 1.165) is 6.26 Å². The molecular weight excluding hydrogens is 202 g/mol. The Kier molecular flexibility index (Phi) is 7.02. The zero-order valence-electron chi connectivity index (χ0n) is 7.48. The Balaban J connectivity index is 0. The molecule has 6 heteroatoms. The first-order chi connectivity index (χ1) is 4.87. The molecule has 0 radical (unpaired) electrons. The molecule has 0 saturated carbocycles. The van der Waals surface area contributed by atoms with Crippen LogP contribution in [0.4, 0.5) is 0 Å². The van der Waals surface area contributed by atoms with E-state index < -0.39 is 10.1 Å². The molecule has 0 rings (SSSR count). The average molecular weight is 218 g/mol. The average Bonchev–Trinajstić information content (AvgIpc) is 1.82. The summed E-state index contributed by atoms with van der Waals surface area (Å²) in [4.78, 5) is 0. The van der Waals surface area contributed by atoms with Crippen LogP contribution in [-0.2, 0) is 14.3 Å². The van der Waals surface area contributed by atoms with Gasteiger partial charge >= 0.3 is 0 Å². The fourth-order valence-electron chi connectivity index (χ4n) is 0.562. The maximum Gasteiger partial charge on any atom is 0.264 e. The second-order valence-corrected chi connectivity index (χ2v) is 4.32. The quantitative estimate of drug-likeness (QED) is 0.691. The molecule has 0 aliphatic carbocycles. The topological polar surface area (TPSA) is 69.4 Å². The maximum absolute atomic E-state index is 10.6. The van der Waals surface area contributed by atoms with Gasteiger partial charge in [0.25, 0.3) is 10.1 Å². The van der Waals surface area contributed by atoms with Crippen molar-refractivity contribution in [2.75, 3.05) is 12.8 Å². The lowest BCUT2D eigenvalue weighted by molar-refractivity contribution is 0.174. The van der Waals surface area contributed by atoms with E-state index in [2.05, 4.69) is 4.18 Å². The summed E-state index contributed by atoms with van der Waals surface area (Å²) < 4.78 is 25.9. The lowest BCUT2D eigenvalue weighted by Crippen LogP contribution is -2.27. The van der Waals surface area contributed by atoms with Gasteiger partial charge in [-0.15, -0.1) is 12.4 Å². The first-order valence-corrected chi connectivity index (χ1v) is 5.26. The molecule has 0 heterocycles. The fourth-order valence-corrected chi connectivity index (χ4v) is 1.30. The Hall–Kier alpha value is 0.160. The van der Waals surface area contributed by atoms with Gasteiger partial charge in [-0.2, -0.15) is 8.42 Å². The van der Waals surface area contributed by atoms with Crippen molar-refractivity contribution < 1.29 is 12.6 Å². The molecule has 4 nitrogen and oxygen atoms in total. The summed E-state index contributed by atoms with van der Waals surface area (Å²) >= 11 is 0. The minimum absolute atomic E-state index is 0. The normalized spacial score (nSPS) is 16.3. The standard InChI is InChI=1S/C6H15NO3S.ClH/c1-5(4-7)6(2)10-11(3,8)9;/h5-6H,4,7H2,1-3H3;1H. The van der Waals surface area contributed by atoms with Gasteiger partial charge in [-0.3, -0.25) is 4.18 Å². The highest BCUT2D eigenvalue weighted by atomic mass is 35.5. The predicted octanol–water partition coefficient (Wildman–Crippen LogP) is 0.368. The lowest BCUT2D eigenvalue weighted by Gasteiger charge is -2.16. The Labute approximate surface area is 80.0 Å². The molecule has 12 heavy (non-hydrogen) atoms. The van der Waals surface area contributed by atoms with Crippen LogP contribution in [-0.4, -0.2) is 27.3 Å². The highest BCUT2D eigenvalue weighted by Crippen LogP contribution is 2.07. The van der Waals surface area contributed by atoms with Crippen molar-refractivity contribution in [2.45, 2.75) is 20.0 Å². The summed E-state index contributed by atoms with van der Waals surface area (Å²) in [5.41, 5.74) is 5.32. The Bertz CT molecular complexity index is 205. The molecule has 0 aromatic rings. The van der Waals surface area contributed by atoms with E-state index in [1.807, 2.05) is 6.92 Å². The van der Waals surface area contributed by atoms with E-state index in [1.165, 1.54) is 0 Å². The van der Waals surface area contributed by atoms with Crippen LogP contribution in [0.25, 0.3) is 0 Å². The van der Waals surface area contributed by atoms with Gasteiger partial charge in [-0.05, 0) is 19.4 Å². The second-order valence-electron chi connectivity index (χ2n) is 2.72. The van der Waals surface area contributed by atoms with Crippen molar-refractivity contribution in [3.8, 4) is 0 Å². The molecular formula is C6H16ClNO3S. The van der Waals surface area contributed by atoms with Gasteiger partial charge in [0.1, 0.15) is 0 Å². The SMILES string of the molecule is CC(CN)C(C)OS(C)(=O)=O.Cl. The van der Waals surface area contributed by atoms with Crippen LogP contribution < -0.4 is 5.73 Å². The van der Waals surface area contributed by atoms with E-state index in [0.29, 0.717) is 6.54 Å². The van der Waals surface area contributed by atoms with E-state index in [9.17, 15) is 8.42 Å². The molecule has 0 bridgehead atoms. The molecule has 2 N–H and O–H groups in total. The molecule has 0 aliphatic rings. The molecule has 0 aromatic heterocycles. The van der Waals surface area contributed by atoms with Crippen LogP contribution in [0.15, 0.2) is 0 Å². The zero-order chi connectivity index (χ0) is 9.07. The highest BCUT2D eigenvalue weighted by Gasteiger charge is 2.15. The maximum atomic E-state index is 10.6. The van der Waals surface area contributed by atoms with E-state index >= 15 is 0 Å². The van der Waals surface area contributed by atoms with Gasteiger partial charge in [0.2, 0.25) is 0 Å². The van der Waals surface area contributed by atoms with Gasteiger partial charge in [0, 0.05) is 0 Å². The predicted molar refractivity (Wildman–Crippen MR) is 50.9 cm³/mol. The van der Waals surface area contributed by atoms with Crippen molar-refractivity contribution in [3.63, 3.8) is 0 Å². The summed E-state index contributed by atoms with van der Waals surface area (Å²) in [5, 5.41) is 0. The Morgan fingerprint density at radius 3 is 2.08 bits per heavy atom. The second kappa shape index (κ2) is 5.75. The molecule has 2 unspecified atom stereocenters. The van der Waals surface area contributed by atoms with Crippen molar-refractivity contribution in [3.05, 3.63) is 0 Å². The van der Waals surface area contributed by atoms with Crippen molar-refractivity contribution >= 4 is 22.5 Å². The molecule has 0 aliphatic heterocycles. The molecule has 2 atom stereocenters. The van der Waals surface area contributed by atoms with Crippen molar-refractivity contribution in [1.82, 2.24) is 0 Å². The fraction of sp³-hybridized carbons (Fsp3) is 1.00. The van der Waals surface area contributed by atoms with Crippen molar-refractivity contribution in [1.29, 1.82) is 0 Å². The van der Waals surface area contributed by atoms with Gasteiger partial charge in [-0.25, -0.2) is 0 Å². The van der Waals surface area contributed by atoms with Crippen LogP contribution >= 0.6 is 12.4 Å². The first kappa shape index (κ1) is 14.7. The molecule has 0 aromatic carbocycles. The third kappa shape index (κ3) is 6.84.